The van der Waals surface area contributed by atoms with E-state index in [1.165, 1.54) is 4.90 Å². The van der Waals surface area contributed by atoms with E-state index < -0.39 is 0 Å². The van der Waals surface area contributed by atoms with Gasteiger partial charge in [-0.1, -0.05) is 6.07 Å². The van der Waals surface area contributed by atoms with Gasteiger partial charge in [0.2, 0.25) is 6.41 Å². The predicted molar refractivity (Wildman–Crippen MR) is 63.9 cm³/mol. The number of nitrogens with two attached hydrogens (primary N) is 1. The Bertz CT molecular complexity index is 377. The van der Waals surface area contributed by atoms with Crippen molar-refractivity contribution >= 4 is 24.1 Å². The fourth-order valence-corrected chi connectivity index (χ4v) is 1.37. The molecule has 0 aliphatic rings. The Morgan fingerprint density at radius 2 is 2.25 bits per heavy atom. The predicted octanol–water partition coefficient (Wildman–Crippen LogP) is 1.43. The second kappa shape index (κ2) is 5.90. The van der Waals surface area contributed by atoms with E-state index in [-0.39, 0.29) is 0 Å². The Balaban J connectivity index is 2.74. The minimum atomic E-state index is 0.339. The van der Waals surface area contributed by atoms with Crippen LogP contribution in [0.2, 0.25) is 0 Å². The van der Waals surface area contributed by atoms with Gasteiger partial charge in [-0.05, 0) is 31.0 Å². The van der Waals surface area contributed by atoms with Gasteiger partial charge in [-0.25, -0.2) is 0 Å². The molecule has 0 aliphatic carbocycles. The quantitative estimate of drug-likeness (QED) is 0.447. The van der Waals surface area contributed by atoms with Gasteiger partial charge in [-0.3, -0.25) is 9.59 Å². The van der Waals surface area contributed by atoms with Crippen LogP contribution in [0.1, 0.15) is 18.4 Å². The van der Waals surface area contributed by atoms with Crippen molar-refractivity contribution in [2.75, 3.05) is 17.2 Å². The molecule has 1 radical (unpaired) electrons. The van der Waals surface area contributed by atoms with Crippen LogP contribution in [-0.2, 0) is 9.59 Å². The molecule has 0 aliphatic heterocycles. The number of carbonyl (C=O) groups excluding carboxylic acids is 2. The molecule has 0 fully saturated rings. The third kappa shape index (κ3) is 3.08. The lowest BCUT2D eigenvalue weighted by molar-refractivity contribution is -0.107. The first-order valence-corrected chi connectivity index (χ1v) is 5.12. The van der Waals surface area contributed by atoms with Gasteiger partial charge in [0.15, 0.2) is 6.29 Å². The summed E-state index contributed by atoms with van der Waals surface area (Å²) >= 11 is 0. The maximum atomic E-state index is 10.9. The molecule has 0 bridgehead atoms. The minimum absolute atomic E-state index is 0.339. The molecule has 4 heteroatoms. The Kier molecular flexibility index (Phi) is 4.51. The highest BCUT2D eigenvalue weighted by atomic mass is 16.1. The topological polar surface area (TPSA) is 63.4 Å². The number of rotatable bonds is 6. The summed E-state index contributed by atoms with van der Waals surface area (Å²) in [6, 6.07) is 5.46. The molecule has 0 aromatic heterocycles. The molecule has 1 rings (SSSR count). The third-order valence-electron chi connectivity index (χ3n) is 2.40. The summed E-state index contributed by atoms with van der Waals surface area (Å²) in [5, 5.41) is 0. The molecule has 4 nitrogen and oxygen atoms in total. The molecule has 85 valence electrons. The van der Waals surface area contributed by atoms with Crippen molar-refractivity contribution in [1.29, 1.82) is 0 Å². The molecular formula is C12H15N2O2. The fraction of sp³-hybridized carbons (Fsp3) is 0.333. The highest BCUT2D eigenvalue weighted by Crippen LogP contribution is 2.20. The average Bonchev–Trinajstić information content (AvgIpc) is 2.29. The summed E-state index contributed by atoms with van der Waals surface area (Å²) in [6.07, 6.45) is 3.49. The first-order chi connectivity index (χ1) is 7.69. The van der Waals surface area contributed by atoms with E-state index in [9.17, 15) is 9.59 Å². The molecule has 0 heterocycles. The van der Waals surface area contributed by atoms with Crippen molar-refractivity contribution in [3.05, 3.63) is 23.8 Å². The van der Waals surface area contributed by atoms with E-state index in [1.807, 2.05) is 19.1 Å². The Morgan fingerprint density at radius 1 is 1.50 bits per heavy atom. The lowest BCUT2D eigenvalue weighted by Crippen LogP contribution is -2.22. The van der Waals surface area contributed by atoms with Crippen LogP contribution in [-0.4, -0.2) is 19.2 Å². The van der Waals surface area contributed by atoms with E-state index in [4.69, 9.17) is 5.73 Å². The largest absolute Gasteiger partial charge is 0.398 e. The van der Waals surface area contributed by atoms with Gasteiger partial charge in [-0.15, -0.1) is 0 Å². The molecule has 2 N–H and O–H groups in total. The second-order valence-electron chi connectivity index (χ2n) is 3.59. The molecule has 1 aromatic rings. The van der Waals surface area contributed by atoms with Gasteiger partial charge in [0.05, 0.1) is 0 Å². The number of hydrogen-bond donors (Lipinski definition) is 1. The van der Waals surface area contributed by atoms with Crippen LogP contribution in [0.4, 0.5) is 11.4 Å². The number of carbonyl (C=O) groups is 1. The van der Waals surface area contributed by atoms with E-state index in [0.717, 1.165) is 17.7 Å². The Hall–Kier alpha value is -1.84. The summed E-state index contributed by atoms with van der Waals surface area (Å²) in [6.45, 7) is 2.41. The molecule has 0 unspecified atom stereocenters. The molecule has 1 aromatic carbocycles. The van der Waals surface area contributed by atoms with Crippen LogP contribution < -0.4 is 10.6 Å². The molecule has 16 heavy (non-hydrogen) atoms. The van der Waals surface area contributed by atoms with Gasteiger partial charge in [0, 0.05) is 24.3 Å². The Morgan fingerprint density at radius 3 is 2.81 bits per heavy atom. The van der Waals surface area contributed by atoms with E-state index >= 15 is 0 Å². The van der Waals surface area contributed by atoms with Crippen LogP contribution in [0.3, 0.4) is 0 Å². The van der Waals surface area contributed by atoms with E-state index in [1.54, 1.807) is 12.4 Å². The van der Waals surface area contributed by atoms with Crippen molar-refractivity contribution in [3.8, 4) is 0 Å². The zero-order valence-electron chi connectivity index (χ0n) is 9.27. The molecule has 1 amide bonds. The van der Waals surface area contributed by atoms with Crippen molar-refractivity contribution in [1.82, 2.24) is 0 Å². The molecule has 0 atom stereocenters. The number of anilines is 2. The van der Waals surface area contributed by atoms with Gasteiger partial charge in [0.25, 0.3) is 0 Å². The normalized spacial score (nSPS) is 9.81. The van der Waals surface area contributed by atoms with Crippen LogP contribution in [0, 0.1) is 6.92 Å². The second-order valence-corrected chi connectivity index (χ2v) is 3.59. The number of benzene rings is 1. The molecule has 0 saturated heterocycles. The SMILES string of the molecule is Cc1ccc(N(C=O)CCC[C]=O)cc1N. The molecular weight excluding hydrogens is 204 g/mol. The van der Waals surface area contributed by atoms with Gasteiger partial charge in [-0.2, -0.15) is 0 Å². The fourth-order valence-electron chi connectivity index (χ4n) is 1.37. The average molecular weight is 219 g/mol. The van der Waals surface area contributed by atoms with Crippen molar-refractivity contribution < 1.29 is 9.59 Å². The molecule has 0 saturated carbocycles. The van der Waals surface area contributed by atoms with Crippen molar-refractivity contribution in [2.45, 2.75) is 19.8 Å². The summed E-state index contributed by atoms with van der Waals surface area (Å²) in [5.74, 6) is 0. The zero-order valence-corrected chi connectivity index (χ0v) is 9.27. The number of unbranched alkanes of at least 4 members (excludes halogenated alkanes) is 1. The zero-order chi connectivity index (χ0) is 12.0. The van der Waals surface area contributed by atoms with Gasteiger partial charge in [0.1, 0.15) is 0 Å². The van der Waals surface area contributed by atoms with Crippen LogP contribution in [0.25, 0.3) is 0 Å². The third-order valence-corrected chi connectivity index (χ3v) is 2.40. The summed E-state index contributed by atoms with van der Waals surface area (Å²) < 4.78 is 0. The maximum Gasteiger partial charge on any atom is 0.214 e. The smallest absolute Gasteiger partial charge is 0.214 e. The van der Waals surface area contributed by atoms with Crippen LogP contribution >= 0.6 is 0 Å². The summed E-state index contributed by atoms with van der Waals surface area (Å²) in [4.78, 5) is 22.5. The first kappa shape index (κ1) is 12.2. The van der Waals surface area contributed by atoms with E-state index in [0.29, 0.717) is 25.1 Å². The number of nitrogen functional groups attached to an aromatic ring is 1. The van der Waals surface area contributed by atoms with E-state index in [2.05, 4.69) is 0 Å². The van der Waals surface area contributed by atoms with Gasteiger partial charge < -0.3 is 10.6 Å². The van der Waals surface area contributed by atoms with Gasteiger partial charge >= 0.3 is 0 Å². The van der Waals surface area contributed by atoms with Crippen molar-refractivity contribution in [3.63, 3.8) is 0 Å². The number of amides is 1. The maximum absolute atomic E-state index is 10.9. The minimum Gasteiger partial charge on any atom is -0.398 e. The Labute approximate surface area is 95.0 Å². The highest BCUT2D eigenvalue weighted by molar-refractivity contribution is 5.77. The standard InChI is InChI=1S/C12H15N2O2/c1-10-4-5-11(8-12(10)13)14(9-16)6-2-3-7-15/h4-5,8-9H,2-3,6,13H2,1H3. The number of nitrogens with zero attached hydrogens (tertiary/aromatic N) is 1. The number of hydrogen-bond acceptors (Lipinski definition) is 3. The van der Waals surface area contributed by atoms with Crippen LogP contribution in [0.5, 0.6) is 0 Å². The highest BCUT2D eigenvalue weighted by Gasteiger charge is 2.05. The number of aryl methyl sites for hydroxylation is 1. The lowest BCUT2D eigenvalue weighted by atomic mass is 10.1. The van der Waals surface area contributed by atoms with Crippen molar-refractivity contribution in [2.24, 2.45) is 0 Å². The molecule has 0 spiro atoms. The summed E-state index contributed by atoms with van der Waals surface area (Å²) in [7, 11) is 0. The lowest BCUT2D eigenvalue weighted by Gasteiger charge is -2.17. The summed E-state index contributed by atoms with van der Waals surface area (Å²) in [5.41, 5.74) is 8.16. The first-order valence-electron chi connectivity index (χ1n) is 5.12. The van der Waals surface area contributed by atoms with Crippen LogP contribution in [0.15, 0.2) is 18.2 Å². The monoisotopic (exact) mass is 219 g/mol.